The van der Waals surface area contributed by atoms with Crippen LogP contribution in [0, 0.1) is 0 Å². The highest BCUT2D eigenvalue weighted by atomic mass is 35.5. The summed E-state index contributed by atoms with van der Waals surface area (Å²) in [6, 6.07) is 0. The van der Waals surface area contributed by atoms with Crippen LogP contribution in [-0.2, 0) is 0 Å². The molecular weight excluding hydrogens is 191 g/mol. The van der Waals surface area contributed by atoms with Gasteiger partial charge in [0.1, 0.15) is 10.0 Å². The molecule has 0 bridgehead atoms. The monoisotopic (exact) mass is 192 g/mol. The molecule has 0 aromatic carbocycles. The number of carbonyl (C=O) groups excluding carboxylic acids is 2. The Morgan fingerprint density at radius 3 is 1.55 bits per heavy atom. The third-order valence-corrected chi connectivity index (χ3v) is 1.91. The minimum atomic E-state index is -0.126. The van der Waals surface area contributed by atoms with Crippen molar-refractivity contribution in [2.75, 3.05) is 0 Å². The van der Waals surface area contributed by atoms with E-state index in [9.17, 15) is 9.59 Å². The van der Waals surface area contributed by atoms with Gasteiger partial charge in [0.05, 0.1) is 0 Å². The first-order valence-electron chi connectivity index (χ1n) is 2.58. The van der Waals surface area contributed by atoms with Crippen molar-refractivity contribution >= 4 is 35.8 Å². The van der Waals surface area contributed by atoms with Gasteiger partial charge in [-0.15, -0.1) is 0 Å². The van der Waals surface area contributed by atoms with Gasteiger partial charge in [0, 0.05) is 0 Å². The van der Waals surface area contributed by atoms with Crippen LogP contribution in [0.25, 0.3) is 0 Å². The second kappa shape index (κ2) is 3.07. The molecular formula is C6H2Cl2O3. The van der Waals surface area contributed by atoms with Crippen LogP contribution in [0.3, 0.4) is 0 Å². The molecule has 0 saturated heterocycles. The zero-order chi connectivity index (χ0) is 8.43. The normalized spacial score (nSPS) is 9.64. The number of halogens is 2. The Kier molecular flexibility index (Phi) is 2.31. The zero-order valence-electron chi connectivity index (χ0n) is 5.14. The van der Waals surface area contributed by atoms with E-state index in [1.807, 2.05) is 0 Å². The van der Waals surface area contributed by atoms with Crippen molar-refractivity contribution in [1.82, 2.24) is 0 Å². The fourth-order valence-electron chi connectivity index (χ4n) is 0.576. The molecule has 1 aromatic heterocycles. The summed E-state index contributed by atoms with van der Waals surface area (Å²) < 4.78 is 4.64. The Hall–Kier alpha value is -0.800. The van der Waals surface area contributed by atoms with Crippen molar-refractivity contribution in [1.29, 1.82) is 0 Å². The minimum Gasteiger partial charge on any atom is -0.447 e. The Balaban J connectivity index is 3.33. The van der Waals surface area contributed by atoms with Gasteiger partial charge in [0.15, 0.2) is 24.1 Å². The van der Waals surface area contributed by atoms with Gasteiger partial charge in [-0.25, -0.2) is 0 Å². The molecule has 0 saturated carbocycles. The van der Waals surface area contributed by atoms with Crippen LogP contribution >= 0.6 is 23.2 Å². The van der Waals surface area contributed by atoms with Crippen LogP contribution < -0.4 is 0 Å². The summed E-state index contributed by atoms with van der Waals surface area (Å²) in [6.45, 7) is 0. The predicted octanol–water partition coefficient (Wildman–Crippen LogP) is 2.21. The van der Waals surface area contributed by atoms with Gasteiger partial charge in [-0.1, -0.05) is 23.2 Å². The molecule has 11 heavy (non-hydrogen) atoms. The van der Waals surface area contributed by atoms with E-state index in [0.29, 0.717) is 12.6 Å². The number of rotatable bonds is 2. The standard InChI is InChI=1S/C6H2Cl2O3/c7-5-3(1-9)11-4(2-10)6(5)8/h1-2H. The molecule has 0 radical (unpaired) electrons. The molecule has 0 atom stereocenters. The number of furan rings is 1. The van der Waals surface area contributed by atoms with Crippen molar-refractivity contribution in [3.05, 3.63) is 21.6 Å². The average Bonchev–Trinajstić information content (AvgIpc) is 2.30. The lowest BCUT2D eigenvalue weighted by Crippen LogP contribution is -1.72. The minimum absolute atomic E-state index is 0.0243. The Morgan fingerprint density at radius 2 is 1.36 bits per heavy atom. The van der Waals surface area contributed by atoms with Crippen LogP contribution in [0.2, 0.25) is 10.0 Å². The lowest BCUT2D eigenvalue weighted by Gasteiger charge is -1.78. The summed E-state index contributed by atoms with van der Waals surface area (Å²) in [6.07, 6.45) is 0.780. The van der Waals surface area contributed by atoms with Crippen LogP contribution in [0.4, 0.5) is 0 Å². The lowest BCUT2D eigenvalue weighted by molar-refractivity contribution is 0.108. The van der Waals surface area contributed by atoms with Gasteiger partial charge in [-0.2, -0.15) is 0 Å². The van der Waals surface area contributed by atoms with Gasteiger partial charge in [-0.3, -0.25) is 9.59 Å². The van der Waals surface area contributed by atoms with Crippen LogP contribution in [0.15, 0.2) is 4.42 Å². The van der Waals surface area contributed by atoms with Crippen molar-refractivity contribution in [2.45, 2.75) is 0 Å². The highest BCUT2D eigenvalue weighted by Gasteiger charge is 2.15. The van der Waals surface area contributed by atoms with Crippen molar-refractivity contribution in [2.24, 2.45) is 0 Å². The summed E-state index contributed by atoms with van der Waals surface area (Å²) in [5.41, 5.74) is 0. The summed E-state index contributed by atoms with van der Waals surface area (Å²) >= 11 is 11.0. The molecule has 1 rings (SSSR count). The van der Waals surface area contributed by atoms with Gasteiger partial charge in [0.25, 0.3) is 0 Å². The maximum Gasteiger partial charge on any atom is 0.187 e. The molecule has 0 unspecified atom stereocenters. The largest absolute Gasteiger partial charge is 0.447 e. The van der Waals surface area contributed by atoms with Gasteiger partial charge >= 0.3 is 0 Å². The third kappa shape index (κ3) is 1.29. The Morgan fingerprint density at radius 1 is 1.00 bits per heavy atom. The molecule has 1 heterocycles. The van der Waals surface area contributed by atoms with E-state index in [0.717, 1.165) is 0 Å². The van der Waals surface area contributed by atoms with E-state index in [1.54, 1.807) is 0 Å². The van der Waals surface area contributed by atoms with E-state index >= 15 is 0 Å². The molecule has 0 aliphatic heterocycles. The molecule has 0 amide bonds. The Bertz CT molecular complexity index is 275. The Labute approximate surface area is 71.9 Å². The number of hydrogen-bond acceptors (Lipinski definition) is 3. The number of hydrogen-bond donors (Lipinski definition) is 0. The van der Waals surface area contributed by atoms with Crippen molar-refractivity contribution in [3.63, 3.8) is 0 Å². The van der Waals surface area contributed by atoms with Crippen LogP contribution in [-0.4, -0.2) is 12.6 Å². The van der Waals surface area contributed by atoms with Crippen molar-refractivity contribution in [3.8, 4) is 0 Å². The molecule has 0 aliphatic carbocycles. The van der Waals surface area contributed by atoms with E-state index in [-0.39, 0.29) is 21.6 Å². The highest BCUT2D eigenvalue weighted by Crippen LogP contribution is 2.30. The number of carbonyl (C=O) groups is 2. The third-order valence-electron chi connectivity index (χ3n) is 1.06. The van der Waals surface area contributed by atoms with E-state index in [2.05, 4.69) is 4.42 Å². The topological polar surface area (TPSA) is 47.3 Å². The first kappa shape index (κ1) is 8.30. The fraction of sp³-hybridized carbons (Fsp3) is 0. The molecule has 0 aliphatic rings. The predicted molar refractivity (Wildman–Crippen MR) is 39.5 cm³/mol. The highest BCUT2D eigenvalue weighted by molar-refractivity contribution is 6.44. The number of aldehydes is 2. The lowest BCUT2D eigenvalue weighted by atomic mass is 10.4. The van der Waals surface area contributed by atoms with Crippen LogP contribution in [0.5, 0.6) is 0 Å². The van der Waals surface area contributed by atoms with Gasteiger partial charge in [-0.05, 0) is 0 Å². The zero-order valence-corrected chi connectivity index (χ0v) is 6.65. The first-order chi connectivity index (χ1) is 5.20. The van der Waals surface area contributed by atoms with Crippen LogP contribution in [0.1, 0.15) is 21.1 Å². The summed E-state index contributed by atoms with van der Waals surface area (Å²) in [7, 11) is 0. The van der Waals surface area contributed by atoms with E-state index in [4.69, 9.17) is 23.2 Å². The second-order valence-electron chi connectivity index (χ2n) is 1.69. The fourth-order valence-corrected chi connectivity index (χ4v) is 0.928. The molecule has 1 aromatic rings. The molecule has 0 fully saturated rings. The molecule has 5 heteroatoms. The summed E-state index contributed by atoms with van der Waals surface area (Å²) in [5, 5.41) is -0.0486. The maximum atomic E-state index is 10.2. The van der Waals surface area contributed by atoms with Gasteiger partial charge in [0.2, 0.25) is 0 Å². The van der Waals surface area contributed by atoms with Gasteiger partial charge < -0.3 is 4.42 Å². The summed E-state index contributed by atoms with van der Waals surface area (Å²) in [4.78, 5) is 20.3. The quantitative estimate of drug-likeness (QED) is 0.676. The molecule has 3 nitrogen and oxygen atoms in total. The van der Waals surface area contributed by atoms with E-state index < -0.39 is 0 Å². The SMILES string of the molecule is O=Cc1oc(C=O)c(Cl)c1Cl. The molecule has 58 valence electrons. The maximum absolute atomic E-state index is 10.2. The molecule has 0 spiro atoms. The van der Waals surface area contributed by atoms with Crippen molar-refractivity contribution < 1.29 is 14.0 Å². The summed E-state index contributed by atoms with van der Waals surface area (Å²) in [5.74, 6) is -0.252. The van der Waals surface area contributed by atoms with E-state index in [1.165, 1.54) is 0 Å². The smallest absolute Gasteiger partial charge is 0.187 e. The second-order valence-corrected chi connectivity index (χ2v) is 2.45. The first-order valence-corrected chi connectivity index (χ1v) is 3.34. The molecule has 0 N–H and O–H groups in total. The average molecular weight is 193 g/mol.